The minimum atomic E-state index is -3.66. The molecule has 144 valence electrons. The molecule has 1 heterocycles. The van der Waals surface area contributed by atoms with Crippen LogP contribution in [0, 0.1) is 20.8 Å². The second kappa shape index (κ2) is 6.99. The normalized spacial score (nSPS) is 16.1. The molecule has 0 radical (unpaired) electrons. The predicted molar refractivity (Wildman–Crippen MR) is 111 cm³/mol. The molecule has 5 heteroatoms. The summed E-state index contributed by atoms with van der Waals surface area (Å²) in [5.74, 6) is 0.786. The van der Waals surface area contributed by atoms with Crippen molar-refractivity contribution < 1.29 is 13.2 Å². The molecule has 0 spiro atoms. The van der Waals surface area contributed by atoms with Crippen molar-refractivity contribution in [2.75, 3.05) is 10.8 Å². The number of sulfonamides is 1. The number of hydrogen-bond donors (Lipinski definition) is 0. The standard InChI is InChI=1S/C23H23NO3S/c1-16-11-13-19(14-12-16)28(25,26)24-15-23(20-8-4-5-9-21(20)24)27-22-10-6-7-17(2)18(22)3/h4-14,23H,15H2,1-3H3. The number of rotatable bonds is 4. The van der Waals surface area contributed by atoms with E-state index < -0.39 is 10.0 Å². The molecular formula is C23H23NO3S. The Bertz CT molecular complexity index is 1120. The Morgan fingerprint density at radius 3 is 2.36 bits per heavy atom. The van der Waals surface area contributed by atoms with Gasteiger partial charge in [-0.1, -0.05) is 48.0 Å². The number of benzene rings is 3. The Balaban J connectivity index is 1.72. The molecule has 0 aliphatic carbocycles. The number of nitrogens with zero attached hydrogens (tertiary/aromatic N) is 1. The van der Waals surface area contributed by atoms with Gasteiger partial charge in [0.2, 0.25) is 0 Å². The van der Waals surface area contributed by atoms with Gasteiger partial charge in [-0.05, 0) is 56.2 Å². The van der Waals surface area contributed by atoms with Crippen LogP contribution in [0.3, 0.4) is 0 Å². The van der Waals surface area contributed by atoms with E-state index in [4.69, 9.17) is 4.74 Å². The molecule has 0 fully saturated rings. The quantitative estimate of drug-likeness (QED) is 0.631. The van der Waals surface area contributed by atoms with Gasteiger partial charge < -0.3 is 4.74 Å². The van der Waals surface area contributed by atoms with Gasteiger partial charge in [0.1, 0.15) is 11.9 Å². The first-order chi connectivity index (χ1) is 13.4. The third kappa shape index (κ3) is 3.16. The molecule has 0 saturated carbocycles. The van der Waals surface area contributed by atoms with Crippen LogP contribution in [0.2, 0.25) is 0 Å². The van der Waals surface area contributed by atoms with Crippen LogP contribution in [0.25, 0.3) is 0 Å². The van der Waals surface area contributed by atoms with Gasteiger partial charge in [-0.2, -0.15) is 0 Å². The highest BCUT2D eigenvalue weighted by molar-refractivity contribution is 7.92. The van der Waals surface area contributed by atoms with Crippen molar-refractivity contribution in [1.82, 2.24) is 0 Å². The second-order valence-electron chi connectivity index (χ2n) is 7.21. The van der Waals surface area contributed by atoms with Crippen LogP contribution in [0.1, 0.15) is 28.4 Å². The van der Waals surface area contributed by atoms with Gasteiger partial charge in [-0.15, -0.1) is 0 Å². The lowest BCUT2D eigenvalue weighted by atomic mass is 10.1. The van der Waals surface area contributed by atoms with E-state index >= 15 is 0 Å². The first-order valence-electron chi connectivity index (χ1n) is 9.29. The molecule has 0 saturated heterocycles. The van der Waals surface area contributed by atoms with Crippen LogP contribution in [0.15, 0.2) is 71.6 Å². The third-order valence-corrected chi connectivity index (χ3v) is 7.11. The van der Waals surface area contributed by atoms with Gasteiger partial charge in [0.05, 0.1) is 17.1 Å². The van der Waals surface area contributed by atoms with E-state index in [1.807, 2.05) is 75.4 Å². The van der Waals surface area contributed by atoms with E-state index in [0.29, 0.717) is 10.6 Å². The van der Waals surface area contributed by atoms with Crippen LogP contribution in [0.4, 0.5) is 5.69 Å². The zero-order valence-corrected chi connectivity index (χ0v) is 17.0. The molecule has 4 rings (SSSR count). The summed E-state index contributed by atoms with van der Waals surface area (Å²) >= 11 is 0. The average Bonchev–Trinajstić information content (AvgIpc) is 3.05. The van der Waals surface area contributed by atoms with Crippen LogP contribution in [0.5, 0.6) is 5.75 Å². The van der Waals surface area contributed by atoms with Gasteiger partial charge >= 0.3 is 0 Å². The molecule has 28 heavy (non-hydrogen) atoms. The van der Waals surface area contributed by atoms with Crippen molar-refractivity contribution in [2.24, 2.45) is 0 Å². The molecule has 1 atom stereocenters. The predicted octanol–water partition coefficient (Wildman–Crippen LogP) is 4.94. The molecule has 0 N–H and O–H groups in total. The van der Waals surface area contributed by atoms with E-state index in [0.717, 1.165) is 28.0 Å². The Morgan fingerprint density at radius 1 is 0.893 bits per heavy atom. The summed E-state index contributed by atoms with van der Waals surface area (Å²) in [7, 11) is -3.66. The van der Waals surface area contributed by atoms with Crippen molar-refractivity contribution in [3.63, 3.8) is 0 Å². The third-order valence-electron chi connectivity index (χ3n) is 5.32. The highest BCUT2D eigenvalue weighted by Gasteiger charge is 2.37. The zero-order valence-electron chi connectivity index (χ0n) is 16.2. The van der Waals surface area contributed by atoms with Crippen molar-refractivity contribution in [3.05, 3.63) is 89.0 Å². The van der Waals surface area contributed by atoms with Gasteiger partial charge in [-0.25, -0.2) is 8.42 Å². The van der Waals surface area contributed by atoms with Gasteiger partial charge in [-0.3, -0.25) is 4.31 Å². The minimum Gasteiger partial charge on any atom is -0.483 e. The van der Waals surface area contributed by atoms with Crippen LogP contribution in [-0.2, 0) is 10.0 Å². The molecule has 0 amide bonds. The van der Waals surface area contributed by atoms with Crippen molar-refractivity contribution >= 4 is 15.7 Å². The molecule has 1 unspecified atom stereocenters. The summed E-state index contributed by atoms with van der Waals surface area (Å²) in [6, 6.07) is 20.4. The number of para-hydroxylation sites is 1. The topological polar surface area (TPSA) is 46.6 Å². The molecule has 1 aliphatic rings. The largest absolute Gasteiger partial charge is 0.483 e. The number of fused-ring (bicyclic) bond motifs is 1. The van der Waals surface area contributed by atoms with E-state index in [9.17, 15) is 8.42 Å². The van der Waals surface area contributed by atoms with Crippen molar-refractivity contribution in [1.29, 1.82) is 0 Å². The first kappa shape index (κ1) is 18.6. The Hall–Kier alpha value is -2.79. The van der Waals surface area contributed by atoms with Gasteiger partial charge in [0.15, 0.2) is 0 Å². The lowest BCUT2D eigenvalue weighted by Gasteiger charge is -2.21. The minimum absolute atomic E-state index is 0.253. The molecule has 3 aromatic carbocycles. The lowest BCUT2D eigenvalue weighted by molar-refractivity contribution is 0.223. The Morgan fingerprint density at radius 2 is 1.61 bits per heavy atom. The molecule has 0 bridgehead atoms. The van der Waals surface area contributed by atoms with Crippen LogP contribution < -0.4 is 9.04 Å². The SMILES string of the molecule is Cc1ccc(S(=O)(=O)N2CC(Oc3cccc(C)c3C)c3ccccc32)cc1. The van der Waals surface area contributed by atoms with Gasteiger partial charge in [0.25, 0.3) is 10.0 Å². The summed E-state index contributed by atoms with van der Waals surface area (Å²) < 4.78 is 34.3. The molecular weight excluding hydrogens is 370 g/mol. The fourth-order valence-electron chi connectivity index (χ4n) is 3.51. The Labute approximate surface area is 166 Å². The molecule has 4 nitrogen and oxygen atoms in total. The van der Waals surface area contributed by atoms with Gasteiger partial charge in [0, 0.05) is 5.56 Å². The van der Waals surface area contributed by atoms with Crippen molar-refractivity contribution in [2.45, 2.75) is 31.8 Å². The zero-order chi connectivity index (χ0) is 19.9. The summed E-state index contributed by atoms with van der Waals surface area (Å²) in [6.45, 7) is 6.25. The number of anilines is 1. The Kier molecular flexibility index (Phi) is 4.63. The highest BCUT2D eigenvalue weighted by Crippen LogP contribution is 2.41. The second-order valence-corrected chi connectivity index (χ2v) is 9.07. The van der Waals surface area contributed by atoms with Crippen molar-refractivity contribution in [3.8, 4) is 5.75 Å². The van der Waals surface area contributed by atoms with E-state index in [1.165, 1.54) is 4.31 Å². The highest BCUT2D eigenvalue weighted by atomic mass is 32.2. The average molecular weight is 394 g/mol. The smallest absolute Gasteiger partial charge is 0.264 e. The van der Waals surface area contributed by atoms with Crippen LogP contribution >= 0.6 is 0 Å². The number of aryl methyl sites for hydroxylation is 2. The van der Waals surface area contributed by atoms with Crippen LogP contribution in [-0.4, -0.2) is 15.0 Å². The number of hydrogen-bond acceptors (Lipinski definition) is 3. The first-order valence-corrected chi connectivity index (χ1v) is 10.7. The number of ether oxygens (including phenoxy) is 1. The maximum absolute atomic E-state index is 13.3. The maximum Gasteiger partial charge on any atom is 0.264 e. The lowest BCUT2D eigenvalue weighted by Crippen LogP contribution is -2.30. The van der Waals surface area contributed by atoms with E-state index in [2.05, 4.69) is 0 Å². The van der Waals surface area contributed by atoms with E-state index in [1.54, 1.807) is 12.1 Å². The summed E-state index contributed by atoms with van der Waals surface area (Å²) in [6.07, 6.45) is -0.350. The fraction of sp³-hybridized carbons (Fsp3) is 0.217. The fourth-order valence-corrected chi connectivity index (χ4v) is 5.00. The summed E-state index contributed by atoms with van der Waals surface area (Å²) in [5, 5.41) is 0. The molecule has 3 aromatic rings. The molecule has 1 aliphatic heterocycles. The molecule has 0 aromatic heterocycles. The summed E-state index contributed by atoms with van der Waals surface area (Å²) in [5.41, 5.74) is 4.81. The monoisotopic (exact) mass is 393 g/mol. The van der Waals surface area contributed by atoms with E-state index in [-0.39, 0.29) is 12.6 Å². The summed E-state index contributed by atoms with van der Waals surface area (Å²) in [4.78, 5) is 0.292. The maximum atomic E-state index is 13.3.